The van der Waals surface area contributed by atoms with E-state index in [4.69, 9.17) is 14.3 Å². The number of carboxylic acids is 1. The summed E-state index contributed by atoms with van der Waals surface area (Å²) in [6.07, 6.45) is 0.461. The van der Waals surface area contributed by atoms with Crippen molar-refractivity contribution in [2.24, 2.45) is 23.7 Å². The van der Waals surface area contributed by atoms with E-state index in [1.807, 2.05) is 47.6 Å². The van der Waals surface area contributed by atoms with E-state index < -0.39 is 77.9 Å². The zero-order valence-electron chi connectivity index (χ0n) is 39.6. The molecule has 0 saturated carbocycles. The van der Waals surface area contributed by atoms with Crippen LogP contribution in [-0.2, 0) is 44.7 Å². The van der Waals surface area contributed by atoms with Crippen molar-refractivity contribution in [3.8, 4) is 0 Å². The molecule has 2 aliphatic heterocycles. The van der Waals surface area contributed by atoms with E-state index in [-0.39, 0.29) is 66.7 Å². The number of nitrogens with one attached hydrogen (secondary N) is 3. The van der Waals surface area contributed by atoms with E-state index in [9.17, 15) is 38.7 Å². The molecule has 6 amide bonds. The van der Waals surface area contributed by atoms with Gasteiger partial charge in [0, 0.05) is 40.8 Å². The van der Waals surface area contributed by atoms with Gasteiger partial charge in [-0.25, -0.2) is 4.79 Å². The number of hydrogen-bond acceptors (Lipinski definition) is 11. The second-order valence-electron chi connectivity index (χ2n) is 17.9. The average Bonchev–Trinajstić information content (AvgIpc) is 3.86. The molecule has 2 aliphatic rings. The van der Waals surface area contributed by atoms with Crippen molar-refractivity contribution in [2.75, 3.05) is 41.0 Å². The number of aliphatic carboxylic acids is 1. The Morgan fingerprint density at radius 2 is 1.43 bits per heavy atom. The molecule has 17 nitrogen and oxygen atoms in total. The molecule has 4 rings (SSSR count). The van der Waals surface area contributed by atoms with E-state index in [0.29, 0.717) is 25.8 Å². The summed E-state index contributed by atoms with van der Waals surface area (Å²) >= 11 is 0. The zero-order chi connectivity index (χ0) is 48.1. The van der Waals surface area contributed by atoms with Gasteiger partial charge in [0.1, 0.15) is 12.1 Å². The van der Waals surface area contributed by atoms with Crippen molar-refractivity contribution < 1.29 is 53.0 Å². The number of ether oxygens (including phenoxy) is 2. The normalized spacial score (nSPS) is 18.7. The van der Waals surface area contributed by atoms with Gasteiger partial charge in [-0.3, -0.25) is 33.6 Å². The maximum absolute atomic E-state index is 14.5. The number of likely N-dealkylation sites (N-methyl/N-ethyl adjacent to an activating group) is 1. The Labute approximate surface area is 383 Å². The molecular weight excluding hydrogens is 837 g/mol. The van der Waals surface area contributed by atoms with Crippen LogP contribution in [0.5, 0.6) is 0 Å². The van der Waals surface area contributed by atoms with Crippen LogP contribution in [0.1, 0.15) is 100 Å². The second kappa shape index (κ2) is 24.3. The Morgan fingerprint density at radius 3 is 1.97 bits per heavy atom. The maximum Gasteiger partial charge on any atom is 0.326 e. The summed E-state index contributed by atoms with van der Waals surface area (Å²) in [5.74, 6) is -5.21. The molecule has 0 radical (unpaired) electrons. The third-order valence-corrected chi connectivity index (χ3v) is 12.8. The molecule has 0 aliphatic carbocycles. The lowest BCUT2D eigenvalue weighted by Crippen LogP contribution is -2.60. The Morgan fingerprint density at radius 1 is 0.831 bits per heavy atom. The number of fused-ring (bicyclic) bond motifs is 1. The molecule has 0 bridgehead atoms. The minimum atomic E-state index is -1.16. The van der Waals surface area contributed by atoms with Crippen molar-refractivity contribution in [1.82, 2.24) is 30.8 Å². The summed E-state index contributed by atoms with van der Waals surface area (Å²) < 4.78 is 11.9. The number of benzene rings is 2. The van der Waals surface area contributed by atoms with Gasteiger partial charge in [-0.1, -0.05) is 97.4 Å². The second-order valence-corrected chi connectivity index (χ2v) is 17.9. The van der Waals surface area contributed by atoms with Crippen LogP contribution >= 0.6 is 0 Å². The molecule has 1 saturated heterocycles. The van der Waals surface area contributed by atoms with Gasteiger partial charge in [-0.05, 0) is 48.3 Å². The monoisotopic (exact) mass is 907 g/mol. The fourth-order valence-electron chi connectivity index (χ4n) is 8.90. The van der Waals surface area contributed by atoms with Gasteiger partial charge in [-0.2, -0.15) is 0 Å². The third-order valence-electron chi connectivity index (χ3n) is 12.8. The van der Waals surface area contributed by atoms with Crippen LogP contribution in [0, 0.1) is 23.7 Å². The summed E-state index contributed by atoms with van der Waals surface area (Å²) in [6, 6.07) is 11.6. The number of imide groups is 1. The van der Waals surface area contributed by atoms with Crippen molar-refractivity contribution in [1.29, 1.82) is 0 Å². The number of carbonyl (C=O) groups excluding carboxylic acids is 6. The minimum Gasteiger partial charge on any atom is -0.480 e. The number of nitrogens with zero attached hydrogens (tertiary/aromatic N) is 3. The van der Waals surface area contributed by atoms with Gasteiger partial charge in [-0.15, -0.1) is 5.06 Å². The highest BCUT2D eigenvalue weighted by Crippen LogP contribution is 2.30. The lowest BCUT2D eigenvalue weighted by atomic mass is 9.89. The van der Waals surface area contributed by atoms with Crippen LogP contribution in [0.4, 0.5) is 0 Å². The molecular formula is C48H70N6O11. The molecule has 9 atom stereocenters. The van der Waals surface area contributed by atoms with Crippen molar-refractivity contribution >= 4 is 41.4 Å². The fraction of sp³-hybridized carbons (Fsp3) is 0.604. The fourth-order valence-corrected chi connectivity index (χ4v) is 8.90. The highest BCUT2D eigenvalue weighted by Gasteiger charge is 2.44. The molecule has 17 heteroatoms. The average molecular weight is 907 g/mol. The molecule has 65 heavy (non-hydrogen) atoms. The third kappa shape index (κ3) is 13.0. The van der Waals surface area contributed by atoms with Gasteiger partial charge < -0.3 is 40.3 Å². The smallest absolute Gasteiger partial charge is 0.326 e. The molecule has 1 fully saturated rings. The lowest BCUT2D eigenvalue weighted by molar-refractivity contribution is -0.148. The summed E-state index contributed by atoms with van der Waals surface area (Å²) in [7, 11) is 4.64. The van der Waals surface area contributed by atoms with Gasteiger partial charge in [0.05, 0.1) is 60.4 Å². The number of rotatable bonds is 25. The van der Waals surface area contributed by atoms with Crippen LogP contribution in [0.25, 0.3) is 0 Å². The SMILES string of the molecule is CC[C@H](C)C([C@@H](CC(=O)N1CCC[C@H]1[C@H](OC)[C@@H](C)C(=O)N[C@@H](Cc1ccccc1)C(=O)O)OC)N(C)C(=O)[C@@H](NC(=O)[C@@H](NCCON1C(=O)c2ccccc2C1=O)C(C)C)C(C)C. The molecule has 0 aromatic heterocycles. The summed E-state index contributed by atoms with van der Waals surface area (Å²) in [5, 5.41) is 19.5. The van der Waals surface area contributed by atoms with Gasteiger partial charge in [0.2, 0.25) is 23.6 Å². The predicted octanol–water partition coefficient (Wildman–Crippen LogP) is 3.70. The van der Waals surface area contributed by atoms with Crippen molar-refractivity contribution in [2.45, 2.75) is 123 Å². The summed E-state index contributed by atoms with van der Waals surface area (Å²) in [5.41, 5.74) is 1.29. The Hall–Kier alpha value is -5.23. The predicted molar refractivity (Wildman–Crippen MR) is 242 cm³/mol. The summed E-state index contributed by atoms with van der Waals surface area (Å²) in [6.45, 7) is 13.5. The quantitative estimate of drug-likeness (QED) is 0.0830. The number of carboxylic acid groups (broad SMARTS) is 1. The zero-order valence-corrected chi connectivity index (χ0v) is 39.6. The molecule has 0 spiro atoms. The molecule has 2 aromatic carbocycles. The van der Waals surface area contributed by atoms with E-state index in [1.54, 1.807) is 72.3 Å². The molecule has 358 valence electrons. The number of methoxy groups -OCH3 is 2. The Bertz CT molecular complexity index is 1930. The number of carbonyl (C=O) groups is 7. The molecule has 1 unspecified atom stereocenters. The molecule has 2 heterocycles. The largest absolute Gasteiger partial charge is 0.480 e. The first-order valence-electron chi connectivity index (χ1n) is 22.7. The van der Waals surface area contributed by atoms with E-state index >= 15 is 0 Å². The van der Waals surface area contributed by atoms with Crippen LogP contribution < -0.4 is 16.0 Å². The first-order valence-corrected chi connectivity index (χ1v) is 22.7. The van der Waals surface area contributed by atoms with Crippen LogP contribution in [0.15, 0.2) is 54.6 Å². The summed E-state index contributed by atoms with van der Waals surface area (Å²) in [4.78, 5) is 103. The number of amides is 6. The van der Waals surface area contributed by atoms with E-state index in [1.165, 1.54) is 14.2 Å². The molecule has 4 N–H and O–H groups in total. The maximum atomic E-state index is 14.5. The standard InChI is InChI=1S/C48H70N6O11/c1-11-30(6)41(37(63-9)27-38(55)53-24-17-22-36(53)42(64-10)31(7)43(56)50-35(48(61)62)26-32-18-13-12-14-19-32)52(8)47(60)40(29(4)5)51-44(57)39(28(2)3)49-23-25-65-54-45(58)33-20-15-16-21-34(33)46(54)59/h12-16,18-21,28-31,35-37,39-42,49H,11,17,22-27H2,1-10H3,(H,50,56)(H,51,57)(H,61,62)/t30-,31+,35-,36-,37+,39-,40-,41?,42+/m0/s1. The van der Waals surface area contributed by atoms with E-state index in [2.05, 4.69) is 16.0 Å². The highest BCUT2D eigenvalue weighted by atomic mass is 16.7. The first kappa shape index (κ1) is 52.4. The lowest BCUT2D eigenvalue weighted by Gasteiger charge is -2.41. The first-order chi connectivity index (χ1) is 30.9. The topological polar surface area (TPSA) is 213 Å². The van der Waals surface area contributed by atoms with Gasteiger partial charge in [0.25, 0.3) is 11.8 Å². The Kier molecular flexibility index (Phi) is 19.6. The van der Waals surface area contributed by atoms with Crippen LogP contribution in [0.3, 0.4) is 0 Å². The van der Waals surface area contributed by atoms with E-state index in [0.717, 1.165) is 10.6 Å². The van der Waals surface area contributed by atoms with Gasteiger partial charge in [0.15, 0.2) is 0 Å². The minimum absolute atomic E-state index is 0.0738. The van der Waals surface area contributed by atoms with Gasteiger partial charge >= 0.3 is 5.97 Å². The Balaban J connectivity index is 1.41. The number of hydrogen-bond donors (Lipinski definition) is 4. The highest BCUT2D eigenvalue weighted by molar-refractivity contribution is 6.20. The number of hydroxylamine groups is 2. The van der Waals surface area contributed by atoms with Crippen LogP contribution in [-0.4, -0.2) is 145 Å². The molecule has 2 aromatic rings. The van der Waals surface area contributed by atoms with Crippen molar-refractivity contribution in [3.63, 3.8) is 0 Å². The van der Waals surface area contributed by atoms with Crippen LogP contribution in [0.2, 0.25) is 0 Å². The van der Waals surface area contributed by atoms with Crippen molar-refractivity contribution in [3.05, 3.63) is 71.3 Å². The number of likely N-dealkylation sites (tertiary alicyclic amines) is 1.